The third-order valence-corrected chi connectivity index (χ3v) is 2.33. The molecule has 0 aliphatic carbocycles. The molecule has 1 rings (SSSR count). The second kappa shape index (κ2) is 5.85. The van der Waals surface area contributed by atoms with Gasteiger partial charge in [0.1, 0.15) is 6.04 Å². The molecule has 2 N–H and O–H groups in total. The summed E-state index contributed by atoms with van der Waals surface area (Å²) in [5.41, 5.74) is 1.04. The van der Waals surface area contributed by atoms with Crippen molar-refractivity contribution < 1.29 is 9.90 Å². The Morgan fingerprint density at radius 2 is 2.07 bits per heavy atom. The summed E-state index contributed by atoms with van der Waals surface area (Å²) in [7, 11) is 0. The van der Waals surface area contributed by atoms with Gasteiger partial charge in [-0.15, -0.1) is 0 Å². The van der Waals surface area contributed by atoms with Crippen molar-refractivity contribution in [1.82, 2.24) is 5.32 Å². The number of halogens is 1. The van der Waals surface area contributed by atoms with Gasteiger partial charge in [0.2, 0.25) is 5.24 Å². The fourth-order valence-electron chi connectivity index (χ4n) is 1.26. The molecule has 82 valence electrons. The number of aliphatic hydroxyl groups is 1. The van der Waals surface area contributed by atoms with Crippen molar-refractivity contribution in [2.75, 3.05) is 0 Å². The molecule has 0 radical (unpaired) electrons. The first-order chi connectivity index (χ1) is 7.11. The molecular formula is C11H14ClNO2. The average Bonchev–Trinajstić information content (AvgIpc) is 2.18. The smallest absolute Gasteiger partial charge is 0.241 e. The second-order valence-corrected chi connectivity index (χ2v) is 3.76. The van der Waals surface area contributed by atoms with Crippen LogP contribution in [0.15, 0.2) is 30.3 Å². The second-order valence-electron chi connectivity index (χ2n) is 3.39. The molecule has 1 aromatic carbocycles. The van der Waals surface area contributed by atoms with E-state index in [0.717, 1.165) is 5.56 Å². The zero-order valence-corrected chi connectivity index (χ0v) is 9.24. The highest BCUT2D eigenvalue weighted by atomic mass is 35.5. The van der Waals surface area contributed by atoms with Gasteiger partial charge in [0.05, 0.1) is 6.10 Å². The number of hydrogen-bond acceptors (Lipinski definition) is 3. The lowest BCUT2D eigenvalue weighted by molar-refractivity contribution is -0.115. The van der Waals surface area contributed by atoms with E-state index in [9.17, 15) is 9.90 Å². The van der Waals surface area contributed by atoms with E-state index in [1.54, 1.807) is 0 Å². The first-order valence-corrected chi connectivity index (χ1v) is 5.14. The molecule has 1 aromatic rings. The van der Waals surface area contributed by atoms with Gasteiger partial charge in [-0.05, 0) is 24.1 Å². The molecule has 0 spiro atoms. The van der Waals surface area contributed by atoms with E-state index in [1.165, 1.54) is 6.92 Å². The molecule has 3 nitrogen and oxygen atoms in total. The third-order valence-electron chi connectivity index (χ3n) is 2.10. The average molecular weight is 228 g/mol. The summed E-state index contributed by atoms with van der Waals surface area (Å²) < 4.78 is 0. The van der Waals surface area contributed by atoms with Crippen LogP contribution in [0, 0.1) is 0 Å². The van der Waals surface area contributed by atoms with Crippen LogP contribution in [-0.2, 0) is 11.3 Å². The van der Waals surface area contributed by atoms with Gasteiger partial charge in [-0.1, -0.05) is 30.3 Å². The van der Waals surface area contributed by atoms with Crippen LogP contribution in [0.1, 0.15) is 12.5 Å². The van der Waals surface area contributed by atoms with Gasteiger partial charge in [0.25, 0.3) is 0 Å². The lowest BCUT2D eigenvalue weighted by atomic mass is 10.1. The van der Waals surface area contributed by atoms with Crippen molar-refractivity contribution >= 4 is 16.8 Å². The Morgan fingerprint density at radius 3 is 2.53 bits per heavy atom. The van der Waals surface area contributed by atoms with E-state index < -0.39 is 17.4 Å². The van der Waals surface area contributed by atoms with Crippen LogP contribution >= 0.6 is 11.6 Å². The molecule has 2 atom stereocenters. The molecule has 0 bridgehead atoms. The number of carbonyl (C=O) groups excluding carboxylic acids is 1. The summed E-state index contributed by atoms with van der Waals surface area (Å²) in [5.74, 6) is 0. The summed E-state index contributed by atoms with van der Waals surface area (Å²) in [6.45, 7) is 2.04. The standard InChI is InChI=1S/C11H14ClNO2/c1-8(14)10(11(12)15)13-7-9-5-3-2-4-6-9/h2-6,8,10,13-14H,7H2,1H3. The Bertz CT molecular complexity index is 314. The van der Waals surface area contributed by atoms with Crippen LogP contribution in [0.5, 0.6) is 0 Å². The summed E-state index contributed by atoms with van der Waals surface area (Å²) in [6, 6.07) is 8.90. The Balaban J connectivity index is 2.51. The van der Waals surface area contributed by atoms with Crippen molar-refractivity contribution in [1.29, 1.82) is 0 Å². The first-order valence-electron chi connectivity index (χ1n) is 4.76. The van der Waals surface area contributed by atoms with E-state index in [1.807, 2.05) is 30.3 Å². The Hall–Kier alpha value is -0.900. The lowest BCUT2D eigenvalue weighted by Gasteiger charge is -2.17. The molecule has 0 amide bonds. The van der Waals surface area contributed by atoms with Crippen LogP contribution in [0.3, 0.4) is 0 Å². The maximum Gasteiger partial charge on any atom is 0.241 e. The number of rotatable bonds is 5. The van der Waals surface area contributed by atoms with Gasteiger partial charge in [-0.2, -0.15) is 0 Å². The first kappa shape index (κ1) is 12.2. The van der Waals surface area contributed by atoms with Crippen molar-refractivity contribution in [3.05, 3.63) is 35.9 Å². The van der Waals surface area contributed by atoms with E-state index in [0.29, 0.717) is 6.54 Å². The van der Waals surface area contributed by atoms with Crippen LogP contribution in [0.4, 0.5) is 0 Å². The molecule has 0 aliphatic rings. The zero-order valence-electron chi connectivity index (χ0n) is 8.48. The SMILES string of the molecule is CC(O)C(NCc1ccccc1)C(=O)Cl. The minimum Gasteiger partial charge on any atom is -0.391 e. The Morgan fingerprint density at radius 1 is 1.47 bits per heavy atom. The van der Waals surface area contributed by atoms with Gasteiger partial charge in [0, 0.05) is 6.54 Å². The zero-order chi connectivity index (χ0) is 11.3. The molecule has 0 heterocycles. The maximum atomic E-state index is 10.9. The van der Waals surface area contributed by atoms with Gasteiger partial charge in [-0.25, -0.2) is 0 Å². The van der Waals surface area contributed by atoms with Gasteiger partial charge in [-0.3, -0.25) is 4.79 Å². The Kier molecular flexibility index (Phi) is 4.75. The normalized spacial score (nSPS) is 14.6. The van der Waals surface area contributed by atoms with Crippen LogP contribution in [0.2, 0.25) is 0 Å². The largest absolute Gasteiger partial charge is 0.391 e. The predicted molar refractivity (Wildman–Crippen MR) is 59.6 cm³/mol. The van der Waals surface area contributed by atoms with E-state index >= 15 is 0 Å². The maximum absolute atomic E-state index is 10.9. The van der Waals surface area contributed by atoms with Crippen molar-refractivity contribution in [3.63, 3.8) is 0 Å². The molecule has 0 aliphatic heterocycles. The summed E-state index contributed by atoms with van der Waals surface area (Å²) in [5, 5.41) is 11.6. The topological polar surface area (TPSA) is 49.3 Å². The minimum absolute atomic E-state index is 0.509. The monoisotopic (exact) mass is 227 g/mol. The summed E-state index contributed by atoms with van der Waals surface area (Å²) in [4.78, 5) is 10.9. The number of carbonyl (C=O) groups is 1. The highest BCUT2D eigenvalue weighted by Crippen LogP contribution is 2.02. The fourth-order valence-corrected chi connectivity index (χ4v) is 1.52. The molecule has 0 saturated carbocycles. The van der Waals surface area contributed by atoms with Gasteiger partial charge in [0.15, 0.2) is 0 Å². The van der Waals surface area contributed by atoms with E-state index in [2.05, 4.69) is 5.32 Å². The van der Waals surface area contributed by atoms with E-state index in [4.69, 9.17) is 11.6 Å². The molecule has 0 aromatic heterocycles. The van der Waals surface area contributed by atoms with Gasteiger partial charge < -0.3 is 10.4 Å². The van der Waals surface area contributed by atoms with Crippen LogP contribution < -0.4 is 5.32 Å². The molecule has 2 unspecified atom stereocenters. The quantitative estimate of drug-likeness (QED) is 0.746. The van der Waals surface area contributed by atoms with Crippen LogP contribution in [0.25, 0.3) is 0 Å². The van der Waals surface area contributed by atoms with Crippen molar-refractivity contribution in [2.45, 2.75) is 25.6 Å². The molecule has 0 saturated heterocycles. The number of benzene rings is 1. The van der Waals surface area contributed by atoms with Crippen LogP contribution in [-0.4, -0.2) is 22.5 Å². The van der Waals surface area contributed by atoms with Crippen molar-refractivity contribution in [3.8, 4) is 0 Å². The number of hydrogen-bond donors (Lipinski definition) is 2. The summed E-state index contributed by atoms with van der Waals surface area (Å²) >= 11 is 5.34. The molecule has 0 fully saturated rings. The molecular weight excluding hydrogens is 214 g/mol. The number of nitrogens with one attached hydrogen (secondary N) is 1. The highest BCUT2D eigenvalue weighted by molar-refractivity contribution is 6.64. The molecule has 15 heavy (non-hydrogen) atoms. The molecule has 4 heteroatoms. The minimum atomic E-state index is -0.793. The fraction of sp³-hybridized carbons (Fsp3) is 0.364. The lowest BCUT2D eigenvalue weighted by Crippen LogP contribution is -2.42. The third kappa shape index (κ3) is 4.00. The highest BCUT2D eigenvalue weighted by Gasteiger charge is 2.20. The predicted octanol–water partition coefficient (Wildman–Crippen LogP) is 1.29. The van der Waals surface area contributed by atoms with E-state index in [-0.39, 0.29) is 0 Å². The van der Waals surface area contributed by atoms with Gasteiger partial charge >= 0.3 is 0 Å². The summed E-state index contributed by atoms with van der Waals surface area (Å²) in [6.07, 6.45) is -0.793. The number of aliphatic hydroxyl groups excluding tert-OH is 1. The van der Waals surface area contributed by atoms with Crippen molar-refractivity contribution in [2.24, 2.45) is 0 Å². The Labute approximate surface area is 94.1 Å².